The van der Waals surface area contributed by atoms with Crippen LogP contribution in [0.25, 0.3) is 0 Å². The van der Waals surface area contributed by atoms with Gasteiger partial charge in [0.15, 0.2) is 5.78 Å². The topological polar surface area (TPSA) is 78.6 Å². The van der Waals surface area contributed by atoms with Gasteiger partial charge in [-0.3, -0.25) is 9.59 Å². The standard InChI is InChI=1S/C25H26BBrClF2NO4/c1-24(2)25(3,4)35-26(34-24)13-7-12-8-16(22(23(31)33)21(12)19(30)9-13)17(28)11-20(32)15-6-5-14(27)10-18(15)29/h5-7,9-10,16-17,22H,8,11H2,1-4H3,(H2,31,33). The van der Waals surface area contributed by atoms with Gasteiger partial charge in [0.25, 0.3) is 0 Å². The molecule has 0 aromatic heterocycles. The van der Waals surface area contributed by atoms with Gasteiger partial charge in [-0.15, -0.1) is 11.6 Å². The fourth-order valence-corrected chi connectivity index (χ4v) is 5.47. The molecule has 186 valence electrons. The van der Waals surface area contributed by atoms with Crippen LogP contribution in [0.5, 0.6) is 0 Å². The third-order valence-corrected chi connectivity index (χ3v) is 8.31. The van der Waals surface area contributed by atoms with E-state index >= 15 is 4.39 Å². The number of Topliss-reactive ketones (excluding diaryl/α,β-unsaturated/α-hetero) is 1. The summed E-state index contributed by atoms with van der Waals surface area (Å²) in [7, 11) is -0.778. The van der Waals surface area contributed by atoms with Crippen LogP contribution in [-0.2, 0) is 20.5 Å². The van der Waals surface area contributed by atoms with Gasteiger partial charge in [0.2, 0.25) is 5.91 Å². The first-order valence-electron chi connectivity index (χ1n) is 11.3. The number of benzene rings is 2. The summed E-state index contributed by atoms with van der Waals surface area (Å²) < 4.78 is 42.2. The molecule has 35 heavy (non-hydrogen) atoms. The summed E-state index contributed by atoms with van der Waals surface area (Å²) in [6.07, 6.45) is 0.00567. The smallest absolute Gasteiger partial charge is 0.399 e. The highest BCUT2D eigenvalue weighted by Gasteiger charge is 2.52. The van der Waals surface area contributed by atoms with Gasteiger partial charge < -0.3 is 15.0 Å². The Labute approximate surface area is 217 Å². The van der Waals surface area contributed by atoms with E-state index in [0.717, 1.165) is 0 Å². The lowest BCUT2D eigenvalue weighted by molar-refractivity contribution is -0.120. The van der Waals surface area contributed by atoms with Crippen molar-refractivity contribution in [1.82, 2.24) is 0 Å². The Morgan fingerprint density at radius 1 is 1.14 bits per heavy atom. The van der Waals surface area contributed by atoms with Crippen molar-refractivity contribution in [1.29, 1.82) is 0 Å². The average molecular weight is 569 g/mol. The lowest BCUT2D eigenvalue weighted by atomic mass is 9.77. The van der Waals surface area contributed by atoms with Crippen LogP contribution in [0.4, 0.5) is 8.78 Å². The van der Waals surface area contributed by atoms with Gasteiger partial charge in [0.05, 0.1) is 22.7 Å². The second kappa shape index (κ2) is 9.25. The molecule has 0 radical (unpaired) electrons. The third kappa shape index (κ3) is 4.80. The maximum absolute atomic E-state index is 15.4. The molecule has 0 spiro atoms. The minimum Gasteiger partial charge on any atom is -0.399 e. The number of hydrogen-bond acceptors (Lipinski definition) is 4. The summed E-state index contributed by atoms with van der Waals surface area (Å²) in [6, 6.07) is 7.17. The molecule has 1 amide bonds. The van der Waals surface area contributed by atoms with E-state index in [1.165, 1.54) is 18.2 Å². The van der Waals surface area contributed by atoms with Crippen molar-refractivity contribution in [2.45, 2.75) is 63.0 Å². The van der Waals surface area contributed by atoms with Gasteiger partial charge >= 0.3 is 7.12 Å². The number of amides is 1. The molecule has 1 aliphatic carbocycles. The molecule has 1 aliphatic heterocycles. The first kappa shape index (κ1) is 26.3. The summed E-state index contributed by atoms with van der Waals surface area (Å²) >= 11 is 9.76. The van der Waals surface area contributed by atoms with Crippen molar-refractivity contribution in [3.05, 3.63) is 63.1 Å². The number of primary amides is 1. The van der Waals surface area contributed by atoms with Crippen LogP contribution in [0.3, 0.4) is 0 Å². The van der Waals surface area contributed by atoms with Gasteiger partial charge in [-0.25, -0.2) is 8.78 Å². The number of ketones is 1. The van der Waals surface area contributed by atoms with Crippen LogP contribution in [0.1, 0.15) is 61.5 Å². The molecule has 2 N–H and O–H groups in total. The SMILES string of the molecule is CC1(C)OB(c2cc(F)c3c(c2)CC(C(Cl)CC(=O)c2ccc(Br)cc2F)C3C(N)=O)OC1(C)C. The van der Waals surface area contributed by atoms with E-state index in [1.54, 1.807) is 12.1 Å². The monoisotopic (exact) mass is 567 g/mol. The second-order valence-electron chi connectivity index (χ2n) is 10.2. The molecule has 0 bridgehead atoms. The number of halogens is 4. The number of alkyl halides is 1. The zero-order chi connectivity index (χ0) is 25.9. The van der Waals surface area contributed by atoms with Crippen molar-refractivity contribution >= 4 is 51.8 Å². The molecule has 3 atom stereocenters. The van der Waals surface area contributed by atoms with Crippen LogP contribution >= 0.6 is 27.5 Å². The van der Waals surface area contributed by atoms with Crippen molar-refractivity contribution in [2.75, 3.05) is 0 Å². The number of carbonyl (C=O) groups is 2. The predicted molar refractivity (Wildman–Crippen MR) is 134 cm³/mol. The van der Waals surface area contributed by atoms with E-state index in [2.05, 4.69) is 15.9 Å². The molecule has 5 nitrogen and oxygen atoms in total. The van der Waals surface area contributed by atoms with Gasteiger partial charge in [0, 0.05) is 21.8 Å². The summed E-state index contributed by atoms with van der Waals surface area (Å²) in [4.78, 5) is 25.1. The highest BCUT2D eigenvalue weighted by atomic mass is 79.9. The Morgan fingerprint density at radius 2 is 1.77 bits per heavy atom. The average Bonchev–Trinajstić information content (AvgIpc) is 3.22. The third-order valence-electron chi connectivity index (χ3n) is 7.34. The zero-order valence-corrected chi connectivity index (χ0v) is 22.2. The molecule has 10 heteroatoms. The first-order chi connectivity index (χ1) is 16.2. The van der Waals surface area contributed by atoms with E-state index in [4.69, 9.17) is 26.6 Å². The number of carbonyl (C=O) groups excluding carboxylic acids is 2. The first-order valence-corrected chi connectivity index (χ1v) is 12.5. The summed E-state index contributed by atoms with van der Waals surface area (Å²) in [5.74, 6) is -4.16. The van der Waals surface area contributed by atoms with Crippen LogP contribution in [0.15, 0.2) is 34.8 Å². The Kier molecular flexibility index (Phi) is 6.94. The van der Waals surface area contributed by atoms with Gasteiger partial charge in [0.1, 0.15) is 11.6 Å². The molecule has 4 rings (SSSR count). The van der Waals surface area contributed by atoms with E-state index in [-0.39, 0.29) is 24.0 Å². The van der Waals surface area contributed by atoms with E-state index in [0.29, 0.717) is 15.5 Å². The molecule has 1 fully saturated rings. The van der Waals surface area contributed by atoms with Gasteiger partial charge in [-0.1, -0.05) is 22.0 Å². The second-order valence-corrected chi connectivity index (χ2v) is 11.7. The van der Waals surface area contributed by atoms with Crippen molar-refractivity contribution in [2.24, 2.45) is 11.7 Å². The Balaban J connectivity index is 1.60. The molecule has 1 saturated heterocycles. The minimum atomic E-state index is -1.01. The van der Waals surface area contributed by atoms with E-state index in [1.807, 2.05) is 27.7 Å². The summed E-state index contributed by atoms with van der Waals surface area (Å²) in [5.41, 5.74) is 5.59. The largest absolute Gasteiger partial charge is 0.494 e. The van der Waals surface area contributed by atoms with Gasteiger partial charge in [-0.05, 0) is 75.3 Å². The van der Waals surface area contributed by atoms with Crippen LogP contribution in [0.2, 0.25) is 0 Å². The molecule has 0 saturated carbocycles. The van der Waals surface area contributed by atoms with Gasteiger partial charge in [-0.2, -0.15) is 0 Å². The molecular formula is C25H26BBrClF2NO4. The Hall–Kier alpha value is -1.81. The fourth-order valence-electron chi connectivity index (χ4n) is 4.76. The predicted octanol–water partition coefficient (Wildman–Crippen LogP) is 4.65. The lowest BCUT2D eigenvalue weighted by Gasteiger charge is -2.32. The molecule has 2 aromatic rings. The van der Waals surface area contributed by atoms with Crippen molar-refractivity contribution < 1.29 is 27.7 Å². The lowest BCUT2D eigenvalue weighted by Crippen LogP contribution is -2.41. The van der Waals surface area contributed by atoms with Crippen molar-refractivity contribution in [3.8, 4) is 0 Å². The number of fused-ring (bicyclic) bond motifs is 1. The molecule has 1 heterocycles. The highest BCUT2D eigenvalue weighted by Crippen LogP contribution is 2.44. The number of rotatable bonds is 6. The number of nitrogens with two attached hydrogens (primary N) is 1. The van der Waals surface area contributed by atoms with Crippen LogP contribution in [-0.4, -0.2) is 35.4 Å². The van der Waals surface area contributed by atoms with Crippen LogP contribution < -0.4 is 11.2 Å². The highest BCUT2D eigenvalue weighted by molar-refractivity contribution is 9.10. The molecule has 2 aliphatic rings. The van der Waals surface area contributed by atoms with Crippen LogP contribution in [0, 0.1) is 17.6 Å². The Bertz CT molecular complexity index is 1190. The minimum absolute atomic E-state index is 0.0980. The fraction of sp³-hybridized carbons (Fsp3) is 0.440. The molecule has 2 aromatic carbocycles. The molecular weight excluding hydrogens is 542 g/mol. The molecule has 3 unspecified atom stereocenters. The maximum Gasteiger partial charge on any atom is 0.494 e. The normalized spacial score (nSPS) is 23.3. The Morgan fingerprint density at radius 3 is 2.34 bits per heavy atom. The van der Waals surface area contributed by atoms with E-state index in [9.17, 15) is 14.0 Å². The summed E-state index contributed by atoms with van der Waals surface area (Å²) in [6.45, 7) is 7.61. The van der Waals surface area contributed by atoms with Crippen molar-refractivity contribution in [3.63, 3.8) is 0 Å². The maximum atomic E-state index is 15.4. The van der Waals surface area contributed by atoms with E-state index < -0.39 is 58.9 Å². The number of hydrogen-bond donors (Lipinski definition) is 1. The summed E-state index contributed by atoms with van der Waals surface area (Å²) in [5, 5.41) is -0.866. The zero-order valence-electron chi connectivity index (χ0n) is 19.8. The quantitative estimate of drug-likeness (QED) is 0.313.